The number of methoxy groups -OCH3 is 1. The molecule has 27 heavy (non-hydrogen) atoms. The molecule has 1 saturated carbocycles. The van der Waals surface area contributed by atoms with Gasteiger partial charge in [-0.15, -0.1) is 0 Å². The Bertz CT molecular complexity index is 559. The second-order valence-corrected chi connectivity index (χ2v) is 7.46. The summed E-state index contributed by atoms with van der Waals surface area (Å²) < 4.78 is 5.12. The summed E-state index contributed by atoms with van der Waals surface area (Å²) in [5, 5.41) is 5.66. The number of carbonyl (C=O) groups excluding carboxylic acids is 2. The van der Waals surface area contributed by atoms with E-state index in [2.05, 4.69) is 10.6 Å². The summed E-state index contributed by atoms with van der Waals surface area (Å²) in [6, 6.07) is 7.55. The van der Waals surface area contributed by atoms with Gasteiger partial charge in [0.25, 0.3) is 0 Å². The van der Waals surface area contributed by atoms with Gasteiger partial charge in [-0.2, -0.15) is 0 Å². The Morgan fingerprint density at radius 1 is 0.852 bits per heavy atom. The zero-order valence-corrected chi connectivity index (χ0v) is 16.6. The van der Waals surface area contributed by atoms with Crippen LogP contribution in [0.3, 0.4) is 0 Å². The van der Waals surface area contributed by atoms with Crippen molar-refractivity contribution in [1.82, 2.24) is 10.6 Å². The first-order valence-electron chi connectivity index (χ1n) is 10.4. The van der Waals surface area contributed by atoms with Crippen LogP contribution >= 0.6 is 0 Å². The number of hydrogen-bond acceptors (Lipinski definition) is 3. The highest BCUT2D eigenvalue weighted by molar-refractivity contribution is 6.35. The molecule has 1 aliphatic rings. The molecule has 0 saturated heterocycles. The van der Waals surface area contributed by atoms with E-state index in [1.165, 1.54) is 44.9 Å². The van der Waals surface area contributed by atoms with E-state index >= 15 is 0 Å². The van der Waals surface area contributed by atoms with E-state index in [-0.39, 0.29) is 6.04 Å². The first-order chi connectivity index (χ1) is 13.2. The smallest absolute Gasteiger partial charge is 0.309 e. The lowest BCUT2D eigenvalue weighted by molar-refractivity contribution is -0.139. The highest BCUT2D eigenvalue weighted by Gasteiger charge is 2.18. The van der Waals surface area contributed by atoms with Crippen molar-refractivity contribution >= 4 is 11.8 Å². The third-order valence-electron chi connectivity index (χ3n) is 5.26. The molecule has 1 fully saturated rings. The number of carbonyl (C=O) groups is 2. The standard InChI is InChI=1S/C22H34N2O3/c1-27-20-15-13-18(14-16-20)17-23-21(25)22(26)24-19-11-9-7-5-3-2-4-6-8-10-12-19/h13-16,19H,2-12,17H2,1H3,(H,23,25)(H,24,26). The number of benzene rings is 1. The molecule has 5 heteroatoms. The molecule has 2 rings (SSSR count). The molecular weight excluding hydrogens is 340 g/mol. The molecule has 1 aromatic rings. The van der Waals surface area contributed by atoms with Crippen molar-refractivity contribution in [2.75, 3.05) is 7.11 Å². The first-order valence-corrected chi connectivity index (χ1v) is 10.4. The molecule has 0 radical (unpaired) electrons. The van der Waals surface area contributed by atoms with Crippen molar-refractivity contribution in [3.8, 4) is 5.75 Å². The Morgan fingerprint density at radius 2 is 1.37 bits per heavy atom. The van der Waals surface area contributed by atoms with Gasteiger partial charge in [0.1, 0.15) is 5.75 Å². The van der Waals surface area contributed by atoms with Crippen molar-refractivity contribution in [3.05, 3.63) is 29.8 Å². The fourth-order valence-electron chi connectivity index (χ4n) is 3.56. The lowest BCUT2D eigenvalue weighted by atomic mass is 9.98. The van der Waals surface area contributed by atoms with Crippen LogP contribution in [0.15, 0.2) is 24.3 Å². The quantitative estimate of drug-likeness (QED) is 0.780. The fourth-order valence-corrected chi connectivity index (χ4v) is 3.56. The zero-order valence-electron chi connectivity index (χ0n) is 16.6. The first kappa shape index (κ1) is 21.3. The van der Waals surface area contributed by atoms with Crippen molar-refractivity contribution in [1.29, 1.82) is 0 Å². The number of rotatable bonds is 4. The van der Waals surface area contributed by atoms with Crippen LogP contribution in [0.4, 0.5) is 0 Å². The molecule has 2 N–H and O–H groups in total. The van der Waals surface area contributed by atoms with Gasteiger partial charge in [0, 0.05) is 12.6 Å². The average molecular weight is 375 g/mol. The average Bonchev–Trinajstić information content (AvgIpc) is 2.68. The van der Waals surface area contributed by atoms with Crippen LogP contribution < -0.4 is 15.4 Å². The van der Waals surface area contributed by atoms with Gasteiger partial charge in [0.05, 0.1) is 7.11 Å². The van der Waals surface area contributed by atoms with Crippen LogP contribution in [-0.4, -0.2) is 25.0 Å². The summed E-state index contributed by atoms with van der Waals surface area (Å²) in [7, 11) is 1.61. The predicted molar refractivity (Wildman–Crippen MR) is 108 cm³/mol. The normalized spacial score (nSPS) is 17.2. The summed E-state index contributed by atoms with van der Waals surface area (Å²) >= 11 is 0. The third kappa shape index (κ3) is 8.46. The van der Waals surface area contributed by atoms with Gasteiger partial charge in [-0.25, -0.2) is 0 Å². The molecule has 2 amide bonds. The molecule has 0 heterocycles. The van der Waals surface area contributed by atoms with Gasteiger partial charge in [0.2, 0.25) is 0 Å². The maximum Gasteiger partial charge on any atom is 0.309 e. The van der Waals surface area contributed by atoms with E-state index in [1.54, 1.807) is 7.11 Å². The lowest BCUT2D eigenvalue weighted by Gasteiger charge is -2.19. The fraction of sp³-hybridized carbons (Fsp3) is 0.636. The molecular formula is C22H34N2O3. The minimum absolute atomic E-state index is 0.115. The van der Waals surface area contributed by atoms with E-state index in [4.69, 9.17) is 4.74 Å². The molecule has 0 spiro atoms. The molecule has 0 aliphatic heterocycles. The Hall–Kier alpha value is -2.04. The van der Waals surface area contributed by atoms with E-state index < -0.39 is 11.8 Å². The maximum absolute atomic E-state index is 12.3. The largest absolute Gasteiger partial charge is 0.497 e. The molecule has 1 aromatic carbocycles. The second kappa shape index (κ2) is 12.4. The van der Waals surface area contributed by atoms with Crippen molar-refractivity contribution < 1.29 is 14.3 Å². The minimum atomic E-state index is -0.558. The molecule has 0 unspecified atom stereocenters. The van der Waals surface area contributed by atoms with Crippen LogP contribution in [-0.2, 0) is 16.1 Å². The Balaban J connectivity index is 1.76. The van der Waals surface area contributed by atoms with Gasteiger partial charge in [-0.3, -0.25) is 9.59 Å². The Kier molecular flexibility index (Phi) is 9.74. The second-order valence-electron chi connectivity index (χ2n) is 7.46. The SMILES string of the molecule is COc1ccc(CNC(=O)C(=O)NC2CCCCCCCCCCC2)cc1. The van der Waals surface area contributed by atoms with Gasteiger partial charge in [0.15, 0.2) is 0 Å². The highest BCUT2D eigenvalue weighted by Crippen LogP contribution is 2.17. The topological polar surface area (TPSA) is 67.4 Å². The van der Waals surface area contributed by atoms with Crippen LogP contribution in [0.1, 0.15) is 76.2 Å². The van der Waals surface area contributed by atoms with Crippen LogP contribution in [0.5, 0.6) is 5.75 Å². The number of ether oxygens (including phenoxy) is 1. The lowest BCUT2D eigenvalue weighted by Crippen LogP contribution is -2.44. The van der Waals surface area contributed by atoms with Gasteiger partial charge < -0.3 is 15.4 Å². The number of amides is 2. The van der Waals surface area contributed by atoms with Crippen LogP contribution in [0, 0.1) is 0 Å². The van der Waals surface area contributed by atoms with Gasteiger partial charge in [-0.05, 0) is 30.5 Å². The molecule has 0 aromatic heterocycles. The van der Waals surface area contributed by atoms with E-state index in [1.807, 2.05) is 24.3 Å². The molecule has 150 valence electrons. The molecule has 0 atom stereocenters. The van der Waals surface area contributed by atoms with Crippen molar-refractivity contribution in [2.24, 2.45) is 0 Å². The number of hydrogen-bond donors (Lipinski definition) is 2. The zero-order chi connectivity index (χ0) is 19.3. The minimum Gasteiger partial charge on any atom is -0.497 e. The summed E-state index contributed by atoms with van der Waals surface area (Å²) in [6.45, 7) is 0.334. The monoisotopic (exact) mass is 374 g/mol. The van der Waals surface area contributed by atoms with Crippen LogP contribution in [0.2, 0.25) is 0 Å². The Morgan fingerprint density at radius 3 is 1.89 bits per heavy atom. The van der Waals surface area contributed by atoms with E-state index in [0.717, 1.165) is 37.0 Å². The maximum atomic E-state index is 12.3. The molecule has 5 nitrogen and oxygen atoms in total. The van der Waals surface area contributed by atoms with Gasteiger partial charge in [-0.1, -0.05) is 69.9 Å². The van der Waals surface area contributed by atoms with E-state index in [9.17, 15) is 9.59 Å². The van der Waals surface area contributed by atoms with Crippen molar-refractivity contribution in [3.63, 3.8) is 0 Å². The highest BCUT2D eigenvalue weighted by atomic mass is 16.5. The van der Waals surface area contributed by atoms with E-state index in [0.29, 0.717) is 6.54 Å². The van der Waals surface area contributed by atoms with Crippen molar-refractivity contribution in [2.45, 2.75) is 83.2 Å². The Labute approximate surface area is 163 Å². The predicted octanol–water partition coefficient (Wildman–Crippen LogP) is 4.10. The van der Waals surface area contributed by atoms with Gasteiger partial charge >= 0.3 is 11.8 Å². The molecule has 1 aliphatic carbocycles. The number of nitrogens with one attached hydrogen (secondary N) is 2. The summed E-state index contributed by atoms with van der Waals surface area (Å²) in [4.78, 5) is 24.4. The summed E-state index contributed by atoms with van der Waals surface area (Å²) in [5.74, 6) is -0.303. The summed E-state index contributed by atoms with van der Waals surface area (Å²) in [6.07, 6.45) is 13.2. The third-order valence-corrected chi connectivity index (χ3v) is 5.26. The summed E-state index contributed by atoms with van der Waals surface area (Å²) in [5.41, 5.74) is 0.933. The van der Waals surface area contributed by atoms with Crippen LogP contribution in [0.25, 0.3) is 0 Å². The molecule has 0 bridgehead atoms.